The Morgan fingerprint density at radius 2 is 1.87 bits per heavy atom. The molecule has 2 rings (SSSR count). The third-order valence-electron chi connectivity index (χ3n) is 3.43. The van der Waals surface area contributed by atoms with Gasteiger partial charge in [0, 0.05) is 25.3 Å². The van der Waals surface area contributed by atoms with Crippen LogP contribution in [0.1, 0.15) is 31.2 Å². The van der Waals surface area contributed by atoms with Crippen LogP contribution in [0.25, 0.3) is 0 Å². The van der Waals surface area contributed by atoms with E-state index in [9.17, 15) is 0 Å². The quantitative estimate of drug-likeness (QED) is 0.802. The molecule has 82 valence electrons. The number of hydrogen-bond donors (Lipinski definition) is 1. The van der Waals surface area contributed by atoms with Gasteiger partial charge in [-0.15, -0.1) is 0 Å². The maximum atomic E-state index is 6.43. The monoisotopic (exact) mass is 204 g/mol. The Balaban J connectivity index is 2.31. The lowest BCUT2D eigenvalue weighted by Gasteiger charge is -2.25. The number of rotatable bonds is 2. The Hall–Kier alpha value is -1.02. The minimum atomic E-state index is -0.0635. The molecule has 0 heterocycles. The van der Waals surface area contributed by atoms with Crippen LogP contribution in [0.2, 0.25) is 0 Å². The predicted octanol–water partition coefficient (Wildman–Crippen LogP) is 2.48. The highest BCUT2D eigenvalue weighted by Gasteiger charge is 2.31. The van der Waals surface area contributed by atoms with E-state index in [-0.39, 0.29) is 5.54 Å². The highest BCUT2D eigenvalue weighted by atomic mass is 15.1. The van der Waals surface area contributed by atoms with Crippen molar-refractivity contribution in [1.82, 2.24) is 0 Å². The van der Waals surface area contributed by atoms with E-state index in [4.69, 9.17) is 5.73 Å². The predicted molar refractivity (Wildman–Crippen MR) is 65.1 cm³/mol. The van der Waals surface area contributed by atoms with Gasteiger partial charge in [-0.1, -0.05) is 25.0 Å². The summed E-state index contributed by atoms with van der Waals surface area (Å²) in [6.45, 7) is 0. The SMILES string of the molecule is CN(C)c1cccc(C2(N)CCCC2)c1. The van der Waals surface area contributed by atoms with Gasteiger partial charge in [0.05, 0.1) is 0 Å². The van der Waals surface area contributed by atoms with Gasteiger partial charge in [-0.3, -0.25) is 0 Å². The second kappa shape index (κ2) is 3.86. The fraction of sp³-hybridized carbons (Fsp3) is 0.538. The fourth-order valence-electron chi connectivity index (χ4n) is 2.39. The van der Waals surface area contributed by atoms with Gasteiger partial charge in [-0.25, -0.2) is 0 Å². The normalized spacial score (nSPS) is 19.1. The van der Waals surface area contributed by atoms with Crippen molar-refractivity contribution in [2.24, 2.45) is 5.73 Å². The Kier molecular flexibility index (Phi) is 2.70. The van der Waals surface area contributed by atoms with E-state index in [2.05, 4.69) is 43.3 Å². The van der Waals surface area contributed by atoms with Gasteiger partial charge in [0.1, 0.15) is 0 Å². The van der Waals surface area contributed by atoms with Crippen LogP contribution in [0.15, 0.2) is 24.3 Å². The van der Waals surface area contributed by atoms with Crippen molar-refractivity contribution in [3.63, 3.8) is 0 Å². The summed E-state index contributed by atoms with van der Waals surface area (Å²) in [5.74, 6) is 0. The van der Waals surface area contributed by atoms with Crippen molar-refractivity contribution in [2.45, 2.75) is 31.2 Å². The maximum absolute atomic E-state index is 6.43. The first-order valence-electron chi connectivity index (χ1n) is 5.69. The lowest BCUT2D eigenvalue weighted by Crippen LogP contribution is -2.33. The number of anilines is 1. The van der Waals surface area contributed by atoms with Crippen molar-refractivity contribution < 1.29 is 0 Å². The summed E-state index contributed by atoms with van der Waals surface area (Å²) >= 11 is 0. The lowest BCUT2D eigenvalue weighted by molar-refractivity contribution is 0.462. The number of benzene rings is 1. The van der Waals surface area contributed by atoms with E-state index in [0.717, 1.165) is 12.8 Å². The van der Waals surface area contributed by atoms with E-state index in [1.54, 1.807) is 0 Å². The van der Waals surface area contributed by atoms with Gasteiger partial charge in [-0.05, 0) is 30.5 Å². The summed E-state index contributed by atoms with van der Waals surface area (Å²) < 4.78 is 0. The van der Waals surface area contributed by atoms with E-state index in [0.29, 0.717) is 0 Å². The minimum Gasteiger partial charge on any atom is -0.378 e. The maximum Gasteiger partial charge on any atom is 0.0410 e. The molecule has 0 radical (unpaired) electrons. The van der Waals surface area contributed by atoms with Crippen molar-refractivity contribution in [3.05, 3.63) is 29.8 Å². The zero-order chi connectivity index (χ0) is 10.9. The van der Waals surface area contributed by atoms with Crippen LogP contribution < -0.4 is 10.6 Å². The topological polar surface area (TPSA) is 29.3 Å². The summed E-state index contributed by atoms with van der Waals surface area (Å²) in [4.78, 5) is 2.13. The molecule has 0 saturated heterocycles. The number of hydrogen-bond acceptors (Lipinski definition) is 2. The average Bonchev–Trinajstić information content (AvgIpc) is 2.67. The van der Waals surface area contributed by atoms with Gasteiger partial charge in [-0.2, -0.15) is 0 Å². The molecular weight excluding hydrogens is 184 g/mol. The molecule has 1 aliphatic carbocycles. The van der Waals surface area contributed by atoms with E-state index in [1.165, 1.54) is 24.1 Å². The molecule has 2 heteroatoms. The summed E-state index contributed by atoms with van der Waals surface area (Å²) in [7, 11) is 4.13. The fourth-order valence-corrected chi connectivity index (χ4v) is 2.39. The molecule has 2 nitrogen and oxygen atoms in total. The summed E-state index contributed by atoms with van der Waals surface area (Å²) in [5.41, 5.74) is 8.90. The van der Waals surface area contributed by atoms with Gasteiger partial charge < -0.3 is 10.6 Å². The van der Waals surface area contributed by atoms with Gasteiger partial charge in [0.2, 0.25) is 0 Å². The standard InChI is InChI=1S/C13H20N2/c1-15(2)12-7-5-6-11(10-12)13(14)8-3-4-9-13/h5-7,10H,3-4,8-9,14H2,1-2H3. The van der Waals surface area contributed by atoms with Crippen LogP contribution in [-0.4, -0.2) is 14.1 Å². The molecule has 2 N–H and O–H groups in total. The van der Waals surface area contributed by atoms with Crippen molar-refractivity contribution in [1.29, 1.82) is 0 Å². The highest BCUT2D eigenvalue weighted by molar-refractivity contribution is 5.48. The molecular formula is C13H20N2. The van der Waals surface area contributed by atoms with Gasteiger partial charge >= 0.3 is 0 Å². The second-order valence-corrected chi connectivity index (χ2v) is 4.81. The first-order chi connectivity index (χ1) is 7.12. The zero-order valence-corrected chi connectivity index (χ0v) is 9.66. The number of nitrogens with zero attached hydrogens (tertiary/aromatic N) is 1. The zero-order valence-electron chi connectivity index (χ0n) is 9.66. The molecule has 0 unspecified atom stereocenters. The summed E-state index contributed by atoms with van der Waals surface area (Å²) in [6.07, 6.45) is 4.79. The van der Waals surface area contributed by atoms with Crippen LogP contribution in [0, 0.1) is 0 Å². The van der Waals surface area contributed by atoms with E-state index < -0.39 is 0 Å². The third kappa shape index (κ3) is 2.00. The van der Waals surface area contributed by atoms with Crippen LogP contribution in [-0.2, 0) is 5.54 Å². The smallest absolute Gasteiger partial charge is 0.0410 e. The van der Waals surface area contributed by atoms with Gasteiger partial charge in [0.25, 0.3) is 0 Å². The molecule has 0 aromatic heterocycles. The molecule has 15 heavy (non-hydrogen) atoms. The van der Waals surface area contributed by atoms with Gasteiger partial charge in [0.15, 0.2) is 0 Å². The first kappa shape index (κ1) is 10.5. The Morgan fingerprint density at radius 1 is 1.20 bits per heavy atom. The molecule has 0 amide bonds. The van der Waals surface area contributed by atoms with Crippen molar-refractivity contribution in [2.75, 3.05) is 19.0 Å². The third-order valence-corrected chi connectivity index (χ3v) is 3.43. The minimum absolute atomic E-state index is 0.0635. The Morgan fingerprint density at radius 3 is 2.47 bits per heavy atom. The molecule has 0 spiro atoms. The molecule has 1 fully saturated rings. The molecule has 1 saturated carbocycles. The van der Waals surface area contributed by atoms with Crippen molar-refractivity contribution >= 4 is 5.69 Å². The largest absolute Gasteiger partial charge is 0.378 e. The lowest BCUT2D eigenvalue weighted by atomic mass is 9.89. The Bertz CT molecular complexity index is 338. The molecule has 0 bridgehead atoms. The Labute approximate surface area is 92.1 Å². The second-order valence-electron chi connectivity index (χ2n) is 4.81. The van der Waals surface area contributed by atoms with Crippen LogP contribution in [0.3, 0.4) is 0 Å². The van der Waals surface area contributed by atoms with E-state index in [1.807, 2.05) is 0 Å². The average molecular weight is 204 g/mol. The van der Waals surface area contributed by atoms with Crippen LogP contribution in [0.4, 0.5) is 5.69 Å². The molecule has 0 atom stereocenters. The summed E-state index contributed by atoms with van der Waals surface area (Å²) in [6, 6.07) is 8.63. The van der Waals surface area contributed by atoms with E-state index >= 15 is 0 Å². The summed E-state index contributed by atoms with van der Waals surface area (Å²) in [5, 5.41) is 0. The van der Waals surface area contributed by atoms with Crippen molar-refractivity contribution in [3.8, 4) is 0 Å². The molecule has 1 aromatic rings. The number of nitrogens with two attached hydrogens (primary N) is 1. The van der Waals surface area contributed by atoms with Crippen LogP contribution >= 0.6 is 0 Å². The highest BCUT2D eigenvalue weighted by Crippen LogP contribution is 2.37. The van der Waals surface area contributed by atoms with Crippen LogP contribution in [0.5, 0.6) is 0 Å². The first-order valence-corrected chi connectivity index (χ1v) is 5.69. The molecule has 1 aliphatic rings. The molecule has 0 aliphatic heterocycles. The molecule has 1 aromatic carbocycles.